The molecule has 1 heterocycles. The second-order valence-corrected chi connectivity index (χ2v) is 11.9. The van der Waals surface area contributed by atoms with Crippen molar-refractivity contribution in [3.63, 3.8) is 0 Å². The first-order chi connectivity index (χ1) is 6.41. The van der Waals surface area contributed by atoms with E-state index in [0.29, 0.717) is 0 Å². The van der Waals surface area contributed by atoms with Crippen molar-refractivity contribution in [3.05, 3.63) is 0 Å². The largest absolute Gasteiger partial charge is 0.324 e. The summed E-state index contributed by atoms with van der Waals surface area (Å²) in [6.07, 6.45) is 7.49. The van der Waals surface area contributed by atoms with Gasteiger partial charge in [0, 0.05) is 24.6 Å². The van der Waals surface area contributed by atoms with E-state index in [1.807, 2.05) is 13.3 Å². The quantitative estimate of drug-likeness (QED) is 0.603. The lowest BCUT2D eigenvalue weighted by Crippen LogP contribution is -2.02. The number of rotatable bonds is 0. The Bertz CT molecular complexity index is 225. The zero-order valence-electron chi connectivity index (χ0n) is 9.37. The zero-order chi connectivity index (χ0) is 10.7. The molecule has 14 heavy (non-hydrogen) atoms. The smallest absolute Gasteiger partial charge is 0.0848 e. The minimum Gasteiger partial charge on any atom is -0.324 e. The van der Waals surface area contributed by atoms with Crippen LogP contribution >= 0.6 is 14.3 Å². The Hall–Kier alpha value is 0.460. The van der Waals surface area contributed by atoms with Crippen LogP contribution in [0.5, 0.6) is 0 Å². The summed E-state index contributed by atoms with van der Waals surface area (Å²) in [5, 5.41) is 0. The molecular weight excluding hydrogens is 214 g/mol. The topological polar surface area (TPSA) is 34.1 Å². The van der Waals surface area contributed by atoms with Gasteiger partial charge in [-0.25, -0.2) is 0 Å². The van der Waals surface area contributed by atoms with Crippen LogP contribution in [0.15, 0.2) is 0 Å². The average molecular weight is 236 g/mol. The van der Waals surface area contributed by atoms with Gasteiger partial charge >= 0.3 is 0 Å². The lowest BCUT2D eigenvalue weighted by atomic mass is 10.4. The van der Waals surface area contributed by atoms with Gasteiger partial charge in [-0.05, 0) is 39.0 Å². The highest BCUT2D eigenvalue weighted by molar-refractivity contribution is 7.63. The molecular formula is C10H22O2P2. The Morgan fingerprint density at radius 3 is 1.07 bits per heavy atom. The van der Waals surface area contributed by atoms with E-state index >= 15 is 0 Å². The molecule has 0 spiro atoms. The SMILES string of the molecule is CP1(=O)CCCCP(C)(=O)CCCC1. The maximum atomic E-state index is 12.0. The maximum Gasteiger partial charge on any atom is 0.0848 e. The Morgan fingerprint density at radius 1 is 0.643 bits per heavy atom. The first-order valence-electron chi connectivity index (χ1n) is 5.52. The van der Waals surface area contributed by atoms with Crippen LogP contribution in [-0.4, -0.2) is 38.0 Å². The second-order valence-electron chi connectivity index (χ2n) is 4.90. The highest BCUT2D eigenvalue weighted by Crippen LogP contribution is 2.48. The predicted molar refractivity (Wildman–Crippen MR) is 65.0 cm³/mol. The molecule has 84 valence electrons. The van der Waals surface area contributed by atoms with Crippen molar-refractivity contribution >= 4 is 14.3 Å². The summed E-state index contributed by atoms with van der Waals surface area (Å²) in [5.74, 6) is 0. The minimum absolute atomic E-state index is 0.868. The molecule has 1 fully saturated rings. The number of hydrogen-bond acceptors (Lipinski definition) is 2. The third-order valence-electron chi connectivity index (χ3n) is 3.02. The van der Waals surface area contributed by atoms with E-state index in [2.05, 4.69) is 0 Å². The van der Waals surface area contributed by atoms with Crippen molar-refractivity contribution in [1.82, 2.24) is 0 Å². The Morgan fingerprint density at radius 2 is 0.857 bits per heavy atom. The van der Waals surface area contributed by atoms with Gasteiger partial charge in [-0.3, -0.25) is 0 Å². The molecule has 2 nitrogen and oxygen atoms in total. The van der Waals surface area contributed by atoms with Gasteiger partial charge in [-0.1, -0.05) is 0 Å². The summed E-state index contributed by atoms with van der Waals surface area (Å²) >= 11 is 0. The van der Waals surface area contributed by atoms with Gasteiger partial charge in [0.1, 0.15) is 0 Å². The third kappa shape index (κ3) is 4.80. The van der Waals surface area contributed by atoms with Gasteiger partial charge in [-0.2, -0.15) is 0 Å². The van der Waals surface area contributed by atoms with Crippen molar-refractivity contribution < 1.29 is 9.13 Å². The lowest BCUT2D eigenvalue weighted by Gasteiger charge is -2.18. The normalized spacial score (nSPS) is 41.9. The van der Waals surface area contributed by atoms with Crippen molar-refractivity contribution in [2.24, 2.45) is 0 Å². The summed E-state index contributed by atoms with van der Waals surface area (Å²) in [6, 6.07) is 0. The van der Waals surface area contributed by atoms with Crippen molar-refractivity contribution in [2.75, 3.05) is 38.0 Å². The van der Waals surface area contributed by atoms with E-state index in [-0.39, 0.29) is 0 Å². The summed E-state index contributed by atoms with van der Waals surface area (Å²) in [6.45, 7) is 3.86. The molecule has 0 radical (unpaired) electrons. The van der Waals surface area contributed by atoms with E-state index in [1.54, 1.807) is 0 Å². The van der Waals surface area contributed by atoms with E-state index in [0.717, 1.165) is 50.3 Å². The average Bonchev–Trinajstić information content (AvgIpc) is 2.07. The molecule has 0 atom stereocenters. The van der Waals surface area contributed by atoms with E-state index < -0.39 is 14.3 Å². The highest BCUT2D eigenvalue weighted by Gasteiger charge is 2.20. The highest BCUT2D eigenvalue weighted by atomic mass is 31.2. The molecule has 0 aromatic carbocycles. The van der Waals surface area contributed by atoms with Gasteiger partial charge in [-0.15, -0.1) is 0 Å². The van der Waals surface area contributed by atoms with Gasteiger partial charge in [0.25, 0.3) is 0 Å². The molecule has 1 saturated heterocycles. The molecule has 0 saturated carbocycles. The summed E-state index contributed by atoms with van der Waals surface area (Å²) in [4.78, 5) is 0. The monoisotopic (exact) mass is 236 g/mol. The van der Waals surface area contributed by atoms with E-state index in [1.165, 1.54) is 0 Å². The van der Waals surface area contributed by atoms with Crippen LogP contribution in [0.2, 0.25) is 0 Å². The van der Waals surface area contributed by atoms with Crippen molar-refractivity contribution in [2.45, 2.75) is 25.7 Å². The third-order valence-corrected chi connectivity index (χ3v) is 8.07. The van der Waals surface area contributed by atoms with Crippen LogP contribution in [0.3, 0.4) is 0 Å². The van der Waals surface area contributed by atoms with Gasteiger partial charge < -0.3 is 9.13 Å². The van der Waals surface area contributed by atoms with Gasteiger partial charge in [0.15, 0.2) is 0 Å². The van der Waals surface area contributed by atoms with Crippen LogP contribution in [0.25, 0.3) is 0 Å². The molecule has 0 unspecified atom stereocenters. The predicted octanol–water partition coefficient (Wildman–Crippen LogP) is 3.55. The molecule has 0 aromatic rings. The van der Waals surface area contributed by atoms with Crippen molar-refractivity contribution in [3.8, 4) is 0 Å². The molecule has 0 bridgehead atoms. The summed E-state index contributed by atoms with van der Waals surface area (Å²) < 4.78 is 23.9. The minimum atomic E-state index is -1.84. The molecule has 1 aliphatic rings. The molecule has 4 heteroatoms. The summed E-state index contributed by atoms with van der Waals surface area (Å²) in [5.41, 5.74) is 0. The second kappa shape index (κ2) is 4.99. The van der Waals surface area contributed by atoms with Crippen LogP contribution in [0, 0.1) is 0 Å². The molecule has 1 aliphatic heterocycles. The maximum absolute atomic E-state index is 12.0. The number of hydrogen-bond donors (Lipinski definition) is 0. The van der Waals surface area contributed by atoms with E-state index in [9.17, 15) is 9.13 Å². The standard InChI is InChI=1S/C10H22O2P2/c1-13(11)7-3-5-9-14(2,12)10-6-4-8-13/h3-10H2,1-2H3. The van der Waals surface area contributed by atoms with Gasteiger partial charge in [0.2, 0.25) is 0 Å². The van der Waals surface area contributed by atoms with Crippen LogP contribution in [0.1, 0.15) is 25.7 Å². The lowest BCUT2D eigenvalue weighted by molar-refractivity contribution is 0.565. The Balaban J connectivity index is 2.51. The molecule has 0 aliphatic carbocycles. The zero-order valence-corrected chi connectivity index (χ0v) is 11.2. The van der Waals surface area contributed by atoms with Crippen molar-refractivity contribution in [1.29, 1.82) is 0 Å². The first kappa shape index (κ1) is 12.5. The Kier molecular flexibility index (Phi) is 4.47. The molecule has 1 rings (SSSR count). The van der Waals surface area contributed by atoms with Crippen LogP contribution < -0.4 is 0 Å². The fourth-order valence-electron chi connectivity index (χ4n) is 2.01. The summed E-state index contributed by atoms with van der Waals surface area (Å²) in [7, 11) is -3.67. The fourth-order valence-corrected chi connectivity index (χ4v) is 6.03. The Labute approximate surface area is 87.6 Å². The molecule has 0 aromatic heterocycles. The van der Waals surface area contributed by atoms with Crippen LogP contribution in [0.4, 0.5) is 0 Å². The van der Waals surface area contributed by atoms with Gasteiger partial charge in [0.05, 0.1) is 14.3 Å². The first-order valence-corrected chi connectivity index (χ1v) is 10.6. The van der Waals surface area contributed by atoms with Crippen LogP contribution in [-0.2, 0) is 9.13 Å². The molecule has 0 N–H and O–H groups in total. The van der Waals surface area contributed by atoms with E-state index in [4.69, 9.17) is 0 Å². The fraction of sp³-hybridized carbons (Fsp3) is 1.00. The molecule has 0 amide bonds.